The molecule has 1 amide bonds. The zero-order valence-electron chi connectivity index (χ0n) is 16.3. The number of esters is 1. The van der Waals surface area contributed by atoms with Crippen LogP contribution in [-0.2, 0) is 20.7 Å². The van der Waals surface area contributed by atoms with Crippen molar-refractivity contribution in [3.63, 3.8) is 0 Å². The fourth-order valence-corrected chi connectivity index (χ4v) is 2.61. The standard InChI is InChI=1S/C18H30N4O3S/c1-18(2,3)25-16(24)9-11-20-17(21-13-15(23)22(4)5)19-10-8-14-7-6-12-26-14/h6-7,12H,8-11,13H2,1-5H3,(H2,19,20,21). The lowest BCUT2D eigenvalue weighted by atomic mass is 10.2. The molecule has 0 aliphatic heterocycles. The lowest BCUT2D eigenvalue weighted by molar-refractivity contribution is -0.154. The second-order valence-electron chi connectivity index (χ2n) is 6.97. The second-order valence-corrected chi connectivity index (χ2v) is 8.00. The van der Waals surface area contributed by atoms with Gasteiger partial charge in [-0.1, -0.05) is 6.07 Å². The van der Waals surface area contributed by atoms with Crippen molar-refractivity contribution in [1.29, 1.82) is 0 Å². The zero-order valence-corrected chi connectivity index (χ0v) is 17.1. The third-order valence-electron chi connectivity index (χ3n) is 3.16. The van der Waals surface area contributed by atoms with Crippen LogP contribution in [0.4, 0.5) is 0 Å². The van der Waals surface area contributed by atoms with Crippen LogP contribution in [0.15, 0.2) is 22.5 Å². The summed E-state index contributed by atoms with van der Waals surface area (Å²) in [6, 6.07) is 4.10. The van der Waals surface area contributed by atoms with E-state index in [1.54, 1.807) is 25.4 Å². The zero-order chi connectivity index (χ0) is 19.6. The first-order valence-electron chi connectivity index (χ1n) is 8.64. The molecule has 1 rings (SSSR count). The minimum absolute atomic E-state index is 0.0494. The number of guanidine groups is 1. The maximum absolute atomic E-state index is 11.8. The van der Waals surface area contributed by atoms with Crippen molar-refractivity contribution < 1.29 is 14.3 Å². The quantitative estimate of drug-likeness (QED) is 0.406. The molecule has 0 radical (unpaired) electrons. The Kier molecular flexibility index (Phi) is 9.12. The van der Waals surface area contributed by atoms with Crippen molar-refractivity contribution in [3.8, 4) is 0 Å². The van der Waals surface area contributed by atoms with E-state index in [0.717, 1.165) is 6.42 Å². The van der Waals surface area contributed by atoms with Crippen LogP contribution in [0.1, 0.15) is 32.1 Å². The predicted octanol–water partition coefficient (Wildman–Crippen LogP) is 1.65. The summed E-state index contributed by atoms with van der Waals surface area (Å²) in [6.45, 7) is 6.64. The van der Waals surface area contributed by atoms with Gasteiger partial charge >= 0.3 is 5.97 Å². The molecule has 0 unspecified atom stereocenters. The van der Waals surface area contributed by atoms with Gasteiger partial charge in [0, 0.05) is 32.1 Å². The Hall–Kier alpha value is -2.09. The summed E-state index contributed by atoms with van der Waals surface area (Å²) >= 11 is 1.70. The topological polar surface area (TPSA) is 83.0 Å². The van der Waals surface area contributed by atoms with E-state index < -0.39 is 5.60 Å². The number of aliphatic imine (C=N–C) groups is 1. The number of carbonyl (C=O) groups excluding carboxylic acids is 2. The van der Waals surface area contributed by atoms with Gasteiger partial charge in [0.05, 0.1) is 6.42 Å². The van der Waals surface area contributed by atoms with Gasteiger partial charge < -0.3 is 20.3 Å². The van der Waals surface area contributed by atoms with Crippen LogP contribution in [0.2, 0.25) is 0 Å². The molecule has 1 aromatic rings. The van der Waals surface area contributed by atoms with Crippen molar-refractivity contribution >= 4 is 29.2 Å². The molecule has 1 heterocycles. The SMILES string of the molecule is CN(C)C(=O)CN=C(NCCC(=O)OC(C)(C)C)NCCc1cccs1. The Morgan fingerprint density at radius 1 is 1.23 bits per heavy atom. The minimum Gasteiger partial charge on any atom is -0.460 e. The van der Waals surface area contributed by atoms with E-state index in [0.29, 0.717) is 19.0 Å². The van der Waals surface area contributed by atoms with Gasteiger partial charge in [0.15, 0.2) is 5.96 Å². The normalized spacial score (nSPS) is 11.8. The highest BCUT2D eigenvalue weighted by atomic mass is 32.1. The maximum atomic E-state index is 11.8. The molecule has 0 spiro atoms. The van der Waals surface area contributed by atoms with Crippen molar-refractivity contribution in [1.82, 2.24) is 15.5 Å². The average Bonchev–Trinajstić information content (AvgIpc) is 3.03. The molecule has 0 fully saturated rings. The molecule has 8 heteroatoms. The summed E-state index contributed by atoms with van der Waals surface area (Å²) in [4.78, 5) is 30.6. The van der Waals surface area contributed by atoms with Crippen molar-refractivity contribution in [2.45, 2.75) is 39.2 Å². The summed E-state index contributed by atoms with van der Waals surface area (Å²) in [5, 5.41) is 8.32. The largest absolute Gasteiger partial charge is 0.460 e. The highest BCUT2D eigenvalue weighted by Gasteiger charge is 2.15. The van der Waals surface area contributed by atoms with Gasteiger partial charge in [-0.05, 0) is 38.6 Å². The molecule has 26 heavy (non-hydrogen) atoms. The number of ether oxygens (including phenoxy) is 1. The molecule has 0 aromatic carbocycles. The van der Waals surface area contributed by atoms with E-state index >= 15 is 0 Å². The summed E-state index contributed by atoms with van der Waals surface area (Å²) < 4.78 is 5.28. The number of carbonyl (C=O) groups is 2. The smallest absolute Gasteiger partial charge is 0.308 e. The third kappa shape index (κ3) is 10.0. The van der Waals surface area contributed by atoms with Crippen LogP contribution in [-0.4, -0.2) is 62.1 Å². The Morgan fingerprint density at radius 3 is 2.50 bits per heavy atom. The number of likely N-dealkylation sites (N-methyl/N-ethyl adjacent to an activating group) is 1. The number of rotatable bonds is 8. The van der Waals surface area contributed by atoms with Gasteiger partial charge in [-0.2, -0.15) is 0 Å². The van der Waals surface area contributed by atoms with Gasteiger partial charge in [0.2, 0.25) is 5.91 Å². The molecule has 0 atom stereocenters. The van der Waals surface area contributed by atoms with E-state index in [1.807, 2.05) is 32.2 Å². The van der Waals surface area contributed by atoms with Gasteiger partial charge in [-0.3, -0.25) is 9.59 Å². The van der Waals surface area contributed by atoms with Crippen LogP contribution in [0.5, 0.6) is 0 Å². The first kappa shape index (κ1) is 22.0. The molecule has 7 nitrogen and oxygen atoms in total. The summed E-state index contributed by atoms with van der Waals surface area (Å²) in [5.41, 5.74) is -0.495. The predicted molar refractivity (Wildman–Crippen MR) is 105 cm³/mol. The lowest BCUT2D eigenvalue weighted by Gasteiger charge is -2.19. The van der Waals surface area contributed by atoms with Crippen molar-refractivity contribution in [3.05, 3.63) is 22.4 Å². The fourth-order valence-electron chi connectivity index (χ4n) is 1.90. The molecule has 146 valence electrons. The minimum atomic E-state index is -0.495. The Morgan fingerprint density at radius 2 is 1.92 bits per heavy atom. The number of nitrogens with one attached hydrogen (secondary N) is 2. The summed E-state index contributed by atoms with van der Waals surface area (Å²) in [5.74, 6) is 0.157. The first-order valence-corrected chi connectivity index (χ1v) is 9.52. The molecule has 0 saturated carbocycles. The summed E-state index contributed by atoms with van der Waals surface area (Å²) in [6.07, 6.45) is 1.09. The molecule has 0 aliphatic carbocycles. The van der Waals surface area contributed by atoms with E-state index in [-0.39, 0.29) is 24.8 Å². The molecule has 0 bridgehead atoms. The number of thiophene rings is 1. The Balaban J connectivity index is 2.49. The third-order valence-corrected chi connectivity index (χ3v) is 4.09. The number of nitrogens with zero attached hydrogens (tertiary/aromatic N) is 2. The number of hydrogen-bond donors (Lipinski definition) is 2. The van der Waals surface area contributed by atoms with Gasteiger partial charge in [-0.25, -0.2) is 4.99 Å². The average molecular weight is 383 g/mol. The Labute approximate surface area is 159 Å². The number of hydrogen-bond acceptors (Lipinski definition) is 5. The van der Waals surface area contributed by atoms with Crippen LogP contribution in [0.3, 0.4) is 0 Å². The van der Waals surface area contributed by atoms with Crippen LogP contribution < -0.4 is 10.6 Å². The lowest BCUT2D eigenvalue weighted by Crippen LogP contribution is -2.40. The van der Waals surface area contributed by atoms with Gasteiger partial charge in [-0.15, -0.1) is 11.3 Å². The van der Waals surface area contributed by atoms with Gasteiger partial charge in [0.1, 0.15) is 12.1 Å². The highest BCUT2D eigenvalue weighted by molar-refractivity contribution is 7.09. The molecule has 2 N–H and O–H groups in total. The highest BCUT2D eigenvalue weighted by Crippen LogP contribution is 2.08. The van der Waals surface area contributed by atoms with Crippen molar-refractivity contribution in [2.75, 3.05) is 33.7 Å². The van der Waals surface area contributed by atoms with E-state index in [9.17, 15) is 9.59 Å². The molecule has 0 aliphatic rings. The molecular formula is C18H30N4O3S. The molecule has 1 aromatic heterocycles. The Bertz CT molecular complexity index is 592. The van der Waals surface area contributed by atoms with Gasteiger partial charge in [0.25, 0.3) is 0 Å². The molecular weight excluding hydrogens is 352 g/mol. The molecule has 0 saturated heterocycles. The van der Waals surface area contributed by atoms with Crippen LogP contribution in [0.25, 0.3) is 0 Å². The van der Waals surface area contributed by atoms with E-state index in [2.05, 4.69) is 21.7 Å². The first-order chi connectivity index (χ1) is 12.2. The monoisotopic (exact) mass is 382 g/mol. The fraction of sp³-hybridized carbons (Fsp3) is 0.611. The van der Waals surface area contributed by atoms with Crippen LogP contribution in [0, 0.1) is 0 Å². The van der Waals surface area contributed by atoms with Crippen molar-refractivity contribution in [2.24, 2.45) is 4.99 Å². The van der Waals surface area contributed by atoms with E-state index in [1.165, 1.54) is 9.78 Å². The van der Waals surface area contributed by atoms with E-state index in [4.69, 9.17) is 4.74 Å². The maximum Gasteiger partial charge on any atom is 0.308 e. The number of amides is 1. The summed E-state index contributed by atoms with van der Waals surface area (Å²) in [7, 11) is 3.38. The van der Waals surface area contributed by atoms with Crippen LogP contribution >= 0.6 is 11.3 Å². The second kappa shape index (κ2) is 10.8.